The molecule has 1 rings (SSSR count). The number of nitrogens with one attached hydrogen (secondary N) is 1. The van der Waals surface area contributed by atoms with Crippen molar-refractivity contribution in [1.29, 1.82) is 0 Å². The first-order valence-electron chi connectivity index (χ1n) is 6.29. The summed E-state index contributed by atoms with van der Waals surface area (Å²) in [6.07, 6.45) is 3.47. The van der Waals surface area contributed by atoms with Crippen LogP contribution in [0, 0.1) is 13.8 Å². The first-order chi connectivity index (χ1) is 8.95. The molecule has 0 aromatic carbocycles. The monoisotopic (exact) mass is 265 g/mol. The quantitative estimate of drug-likeness (QED) is 0.812. The molecular weight excluding hydrogens is 246 g/mol. The number of aliphatic carboxylic acids is 1. The average Bonchev–Trinajstić information content (AvgIpc) is 2.33. The Morgan fingerprint density at radius 3 is 2.63 bits per heavy atom. The minimum Gasteiger partial charge on any atom is -0.480 e. The van der Waals surface area contributed by atoms with Crippen LogP contribution in [0.5, 0.6) is 0 Å². The van der Waals surface area contributed by atoms with E-state index < -0.39 is 17.9 Å². The lowest BCUT2D eigenvalue weighted by atomic mass is 10.1. The summed E-state index contributed by atoms with van der Waals surface area (Å²) in [5.74, 6) is -0.886. The van der Waals surface area contributed by atoms with Crippen LogP contribution in [-0.2, 0) is 4.79 Å². The van der Waals surface area contributed by atoms with E-state index in [-0.39, 0.29) is 0 Å². The van der Waals surface area contributed by atoms with Gasteiger partial charge in [0.15, 0.2) is 0 Å². The molecule has 104 valence electrons. The average molecular weight is 265 g/mol. The number of carboxylic acid groups (broad SMARTS) is 1. The maximum atomic E-state index is 12.0. The lowest BCUT2D eigenvalue weighted by Crippen LogP contribution is -2.41. The summed E-state index contributed by atoms with van der Waals surface area (Å²) < 4.78 is 0. The molecule has 1 atom stereocenters. The van der Waals surface area contributed by atoms with Crippen molar-refractivity contribution < 1.29 is 14.7 Å². The van der Waals surface area contributed by atoms with E-state index in [2.05, 4.69) is 15.3 Å². The summed E-state index contributed by atoms with van der Waals surface area (Å²) >= 11 is 0. The molecule has 0 saturated heterocycles. The minimum atomic E-state index is -1.02. The lowest BCUT2D eigenvalue weighted by Gasteiger charge is -2.14. The molecule has 0 aliphatic heterocycles. The van der Waals surface area contributed by atoms with Crippen molar-refractivity contribution in [2.24, 2.45) is 0 Å². The molecule has 1 aromatic heterocycles. The van der Waals surface area contributed by atoms with Crippen LogP contribution in [0.2, 0.25) is 0 Å². The highest BCUT2D eigenvalue weighted by Gasteiger charge is 2.21. The van der Waals surface area contributed by atoms with Gasteiger partial charge in [0, 0.05) is 6.20 Å². The number of rotatable bonds is 6. The molecule has 0 unspecified atom stereocenters. The van der Waals surface area contributed by atoms with Gasteiger partial charge < -0.3 is 10.4 Å². The number of aromatic nitrogens is 2. The van der Waals surface area contributed by atoms with Crippen molar-refractivity contribution in [2.75, 3.05) is 0 Å². The molecular formula is C13H19N3O3. The van der Waals surface area contributed by atoms with E-state index in [9.17, 15) is 9.59 Å². The maximum absolute atomic E-state index is 12.0. The third-order valence-electron chi connectivity index (χ3n) is 2.79. The molecule has 19 heavy (non-hydrogen) atoms. The van der Waals surface area contributed by atoms with Gasteiger partial charge in [-0.05, 0) is 20.3 Å². The van der Waals surface area contributed by atoms with Gasteiger partial charge in [-0.15, -0.1) is 0 Å². The van der Waals surface area contributed by atoms with Crippen LogP contribution in [0.3, 0.4) is 0 Å². The number of carbonyl (C=O) groups excluding carboxylic acids is 1. The number of hydrogen-bond acceptors (Lipinski definition) is 4. The Labute approximate surface area is 112 Å². The van der Waals surface area contributed by atoms with Gasteiger partial charge in [-0.2, -0.15) is 0 Å². The second kappa shape index (κ2) is 6.82. The van der Waals surface area contributed by atoms with Crippen molar-refractivity contribution >= 4 is 11.9 Å². The second-order valence-corrected chi connectivity index (χ2v) is 4.42. The molecule has 6 heteroatoms. The molecule has 0 aliphatic rings. The summed E-state index contributed by atoms with van der Waals surface area (Å²) in [5.41, 5.74) is 0.859. The summed E-state index contributed by atoms with van der Waals surface area (Å²) in [7, 11) is 0. The van der Waals surface area contributed by atoms with Crippen LogP contribution in [0.4, 0.5) is 0 Å². The number of hydrogen-bond donors (Lipinski definition) is 2. The lowest BCUT2D eigenvalue weighted by molar-refractivity contribution is -0.139. The van der Waals surface area contributed by atoms with E-state index >= 15 is 0 Å². The molecule has 0 radical (unpaired) electrons. The molecule has 1 aromatic rings. The first-order valence-corrected chi connectivity index (χ1v) is 6.29. The van der Waals surface area contributed by atoms with Crippen LogP contribution in [0.15, 0.2) is 6.20 Å². The van der Waals surface area contributed by atoms with Crippen molar-refractivity contribution in [2.45, 2.75) is 46.1 Å². The van der Waals surface area contributed by atoms with Crippen molar-refractivity contribution in [3.63, 3.8) is 0 Å². The highest BCUT2D eigenvalue weighted by atomic mass is 16.4. The van der Waals surface area contributed by atoms with Crippen LogP contribution in [0.25, 0.3) is 0 Å². The summed E-state index contributed by atoms with van der Waals surface area (Å²) in [4.78, 5) is 31.1. The largest absolute Gasteiger partial charge is 0.480 e. The van der Waals surface area contributed by atoms with Crippen LogP contribution in [0.1, 0.15) is 48.1 Å². The first kappa shape index (κ1) is 15.1. The normalized spacial score (nSPS) is 11.9. The molecule has 0 spiro atoms. The van der Waals surface area contributed by atoms with E-state index in [1.54, 1.807) is 13.8 Å². The molecule has 6 nitrogen and oxygen atoms in total. The third-order valence-corrected chi connectivity index (χ3v) is 2.79. The van der Waals surface area contributed by atoms with Gasteiger partial charge in [-0.1, -0.05) is 19.8 Å². The second-order valence-electron chi connectivity index (χ2n) is 4.42. The molecule has 0 fully saturated rings. The highest BCUT2D eigenvalue weighted by Crippen LogP contribution is 2.06. The fourth-order valence-electron chi connectivity index (χ4n) is 1.71. The Morgan fingerprint density at radius 2 is 2.11 bits per heavy atom. The van der Waals surface area contributed by atoms with E-state index in [1.165, 1.54) is 6.20 Å². The zero-order chi connectivity index (χ0) is 14.4. The fraction of sp³-hybridized carbons (Fsp3) is 0.538. The standard InChI is InChI=1S/C13H19N3O3/c1-4-5-6-11(13(18)19)16-12(17)10-7-14-9(3)15-8(10)2/h7,11H,4-6H2,1-3H3,(H,16,17)(H,18,19)/t11-/m0/s1. The predicted molar refractivity (Wildman–Crippen MR) is 69.9 cm³/mol. The molecule has 0 aliphatic carbocycles. The number of carbonyl (C=O) groups is 2. The van der Waals surface area contributed by atoms with Gasteiger partial charge in [0.2, 0.25) is 0 Å². The minimum absolute atomic E-state index is 0.313. The number of nitrogens with zero attached hydrogens (tertiary/aromatic N) is 2. The molecule has 1 amide bonds. The molecule has 0 bridgehead atoms. The third kappa shape index (κ3) is 4.31. The summed E-state index contributed by atoms with van der Waals surface area (Å²) in [5, 5.41) is 11.6. The Morgan fingerprint density at radius 1 is 1.42 bits per heavy atom. The van der Waals surface area contributed by atoms with E-state index in [1.807, 2.05) is 6.92 Å². The number of unbranched alkanes of at least 4 members (excludes halogenated alkanes) is 1. The maximum Gasteiger partial charge on any atom is 0.326 e. The molecule has 0 saturated carbocycles. The topological polar surface area (TPSA) is 92.2 Å². The fourth-order valence-corrected chi connectivity index (χ4v) is 1.71. The van der Waals surface area contributed by atoms with E-state index in [4.69, 9.17) is 5.11 Å². The smallest absolute Gasteiger partial charge is 0.326 e. The van der Waals surface area contributed by atoms with Gasteiger partial charge in [-0.3, -0.25) is 4.79 Å². The molecule has 2 N–H and O–H groups in total. The number of aryl methyl sites for hydroxylation is 2. The molecule has 1 heterocycles. The Bertz CT molecular complexity index is 474. The summed E-state index contributed by atoms with van der Waals surface area (Å²) in [6, 6.07) is -0.867. The van der Waals surface area contributed by atoms with Crippen molar-refractivity contribution in [1.82, 2.24) is 15.3 Å². The van der Waals surface area contributed by atoms with E-state index in [0.717, 1.165) is 12.8 Å². The Balaban J connectivity index is 2.78. The van der Waals surface area contributed by atoms with Gasteiger partial charge in [0.25, 0.3) is 5.91 Å². The zero-order valence-electron chi connectivity index (χ0n) is 11.4. The SMILES string of the molecule is CCCC[C@H](NC(=O)c1cnc(C)nc1C)C(=O)O. The summed E-state index contributed by atoms with van der Waals surface area (Å²) in [6.45, 7) is 5.40. The number of amides is 1. The van der Waals surface area contributed by atoms with Gasteiger partial charge >= 0.3 is 5.97 Å². The van der Waals surface area contributed by atoms with Crippen LogP contribution >= 0.6 is 0 Å². The Hall–Kier alpha value is -1.98. The van der Waals surface area contributed by atoms with Gasteiger partial charge in [0.1, 0.15) is 11.9 Å². The Kier molecular flexibility index (Phi) is 5.41. The zero-order valence-corrected chi connectivity index (χ0v) is 11.4. The van der Waals surface area contributed by atoms with Crippen molar-refractivity contribution in [3.05, 3.63) is 23.3 Å². The van der Waals surface area contributed by atoms with Gasteiger partial charge in [-0.25, -0.2) is 14.8 Å². The van der Waals surface area contributed by atoms with Crippen molar-refractivity contribution in [3.8, 4) is 0 Å². The van der Waals surface area contributed by atoms with E-state index in [0.29, 0.717) is 23.5 Å². The van der Waals surface area contributed by atoms with Gasteiger partial charge in [0.05, 0.1) is 11.3 Å². The highest BCUT2D eigenvalue weighted by molar-refractivity contribution is 5.97. The van der Waals surface area contributed by atoms with Crippen LogP contribution < -0.4 is 5.32 Å². The number of carboxylic acids is 1. The van der Waals surface area contributed by atoms with Crippen LogP contribution in [-0.4, -0.2) is 33.0 Å². The predicted octanol–water partition coefficient (Wildman–Crippen LogP) is 1.47.